The van der Waals surface area contributed by atoms with Crippen LogP contribution >= 0.6 is 15.9 Å². The molecule has 0 spiro atoms. The fourth-order valence-electron chi connectivity index (χ4n) is 2.63. The van der Waals surface area contributed by atoms with E-state index in [4.69, 9.17) is 0 Å². The Bertz CT molecular complexity index is 431. The Balaban J connectivity index is 2.00. The SMILES string of the molecule is CCN(CC)C1CCN(C(=O)c2ccc(Br)cn2)C1. The first-order valence-electron chi connectivity index (χ1n) is 6.80. The number of halogens is 1. The van der Waals surface area contributed by atoms with E-state index in [2.05, 4.69) is 39.7 Å². The minimum Gasteiger partial charge on any atom is -0.336 e. The van der Waals surface area contributed by atoms with E-state index < -0.39 is 0 Å². The Hall–Kier alpha value is -0.940. The lowest BCUT2D eigenvalue weighted by atomic mass is 10.2. The summed E-state index contributed by atoms with van der Waals surface area (Å²) in [6.07, 6.45) is 2.73. The number of likely N-dealkylation sites (N-methyl/N-ethyl adjacent to an activating group) is 1. The number of carbonyl (C=O) groups excluding carboxylic acids is 1. The molecule has 1 unspecified atom stereocenters. The van der Waals surface area contributed by atoms with E-state index in [0.29, 0.717) is 11.7 Å². The molecular weight excluding hydrogens is 306 g/mol. The summed E-state index contributed by atoms with van der Waals surface area (Å²) < 4.78 is 0.895. The molecule has 0 aliphatic carbocycles. The van der Waals surface area contributed by atoms with E-state index in [1.807, 2.05) is 11.0 Å². The molecule has 0 radical (unpaired) electrons. The summed E-state index contributed by atoms with van der Waals surface area (Å²) in [4.78, 5) is 20.8. The van der Waals surface area contributed by atoms with Gasteiger partial charge in [-0.15, -0.1) is 0 Å². The summed E-state index contributed by atoms with van der Waals surface area (Å²) in [5.41, 5.74) is 0.531. The van der Waals surface area contributed by atoms with Gasteiger partial charge in [-0.05, 0) is 47.6 Å². The third-order valence-corrected chi connectivity index (χ3v) is 4.19. The average molecular weight is 326 g/mol. The summed E-state index contributed by atoms with van der Waals surface area (Å²) in [6, 6.07) is 4.13. The molecule has 104 valence electrons. The van der Waals surface area contributed by atoms with E-state index in [1.54, 1.807) is 12.3 Å². The highest BCUT2D eigenvalue weighted by Crippen LogP contribution is 2.18. The zero-order valence-corrected chi connectivity index (χ0v) is 13.1. The van der Waals surface area contributed by atoms with Crippen molar-refractivity contribution < 1.29 is 4.79 Å². The molecular formula is C14H20BrN3O. The third-order valence-electron chi connectivity index (χ3n) is 3.73. The van der Waals surface area contributed by atoms with Gasteiger partial charge in [0.25, 0.3) is 5.91 Å². The maximum atomic E-state index is 12.3. The maximum absolute atomic E-state index is 12.3. The van der Waals surface area contributed by atoms with E-state index in [-0.39, 0.29) is 5.91 Å². The van der Waals surface area contributed by atoms with Gasteiger partial charge in [0.15, 0.2) is 0 Å². The van der Waals surface area contributed by atoms with E-state index >= 15 is 0 Å². The van der Waals surface area contributed by atoms with Gasteiger partial charge in [-0.25, -0.2) is 4.98 Å². The minimum absolute atomic E-state index is 0.0437. The monoisotopic (exact) mass is 325 g/mol. The van der Waals surface area contributed by atoms with Gasteiger partial charge in [0.2, 0.25) is 0 Å². The number of hydrogen-bond donors (Lipinski definition) is 0. The van der Waals surface area contributed by atoms with Gasteiger partial charge in [-0.3, -0.25) is 9.69 Å². The van der Waals surface area contributed by atoms with Crippen LogP contribution in [-0.4, -0.2) is 52.9 Å². The molecule has 1 aliphatic rings. The molecule has 1 saturated heterocycles. The second kappa shape index (κ2) is 6.48. The maximum Gasteiger partial charge on any atom is 0.272 e. The van der Waals surface area contributed by atoms with Crippen LogP contribution in [0.2, 0.25) is 0 Å². The smallest absolute Gasteiger partial charge is 0.272 e. The van der Waals surface area contributed by atoms with Gasteiger partial charge in [0.05, 0.1) is 0 Å². The van der Waals surface area contributed by atoms with Gasteiger partial charge in [-0.2, -0.15) is 0 Å². The van der Waals surface area contributed by atoms with E-state index in [0.717, 1.165) is 37.1 Å². The van der Waals surface area contributed by atoms with Gasteiger partial charge in [-0.1, -0.05) is 13.8 Å². The molecule has 1 atom stereocenters. The third kappa shape index (κ3) is 3.34. The van der Waals surface area contributed by atoms with Crippen molar-refractivity contribution in [3.8, 4) is 0 Å². The molecule has 0 saturated carbocycles. The van der Waals surface area contributed by atoms with Gasteiger partial charge in [0, 0.05) is 29.8 Å². The Morgan fingerprint density at radius 2 is 2.21 bits per heavy atom. The summed E-state index contributed by atoms with van der Waals surface area (Å²) in [7, 11) is 0. The van der Waals surface area contributed by atoms with Crippen LogP contribution in [0.4, 0.5) is 0 Å². The van der Waals surface area contributed by atoms with Crippen molar-refractivity contribution in [2.75, 3.05) is 26.2 Å². The molecule has 19 heavy (non-hydrogen) atoms. The fourth-order valence-corrected chi connectivity index (χ4v) is 2.86. The Morgan fingerprint density at radius 3 is 2.79 bits per heavy atom. The number of aromatic nitrogens is 1. The van der Waals surface area contributed by atoms with Crippen LogP contribution in [0.15, 0.2) is 22.8 Å². The van der Waals surface area contributed by atoms with Crippen molar-refractivity contribution in [3.05, 3.63) is 28.5 Å². The van der Waals surface area contributed by atoms with Crippen LogP contribution in [0.25, 0.3) is 0 Å². The Labute approximate surface area is 122 Å². The molecule has 2 rings (SSSR count). The molecule has 1 aromatic rings. The second-order valence-corrected chi connectivity index (χ2v) is 5.69. The van der Waals surface area contributed by atoms with Crippen LogP contribution in [0, 0.1) is 0 Å². The van der Waals surface area contributed by atoms with Crippen molar-refractivity contribution in [2.24, 2.45) is 0 Å². The largest absolute Gasteiger partial charge is 0.336 e. The predicted molar refractivity (Wildman–Crippen MR) is 79.2 cm³/mol. The van der Waals surface area contributed by atoms with Crippen LogP contribution in [-0.2, 0) is 0 Å². The summed E-state index contributed by atoms with van der Waals surface area (Å²) in [5, 5.41) is 0. The van der Waals surface area contributed by atoms with Crippen molar-refractivity contribution in [2.45, 2.75) is 26.3 Å². The molecule has 1 fully saturated rings. The van der Waals surface area contributed by atoms with Crippen LogP contribution in [0.1, 0.15) is 30.8 Å². The van der Waals surface area contributed by atoms with Gasteiger partial charge < -0.3 is 4.90 Å². The van der Waals surface area contributed by atoms with Crippen molar-refractivity contribution >= 4 is 21.8 Å². The van der Waals surface area contributed by atoms with Crippen molar-refractivity contribution in [1.29, 1.82) is 0 Å². The normalized spacial score (nSPS) is 19.2. The molecule has 1 aliphatic heterocycles. The molecule has 1 amide bonds. The van der Waals surface area contributed by atoms with Crippen LogP contribution in [0.3, 0.4) is 0 Å². The number of nitrogens with zero attached hydrogens (tertiary/aromatic N) is 3. The first-order chi connectivity index (χ1) is 9.15. The Morgan fingerprint density at radius 1 is 1.47 bits per heavy atom. The number of carbonyl (C=O) groups is 1. The lowest BCUT2D eigenvalue weighted by Gasteiger charge is -2.26. The van der Waals surface area contributed by atoms with Gasteiger partial charge in [0.1, 0.15) is 5.69 Å². The lowest BCUT2D eigenvalue weighted by Crippen LogP contribution is -2.38. The number of likely N-dealkylation sites (tertiary alicyclic amines) is 1. The molecule has 2 heterocycles. The quantitative estimate of drug-likeness (QED) is 0.852. The molecule has 1 aromatic heterocycles. The first kappa shape index (κ1) is 14.5. The topological polar surface area (TPSA) is 36.4 Å². The molecule has 0 bridgehead atoms. The summed E-state index contributed by atoms with van der Waals surface area (Å²) >= 11 is 3.33. The van der Waals surface area contributed by atoms with Crippen molar-refractivity contribution in [3.63, 3.8) is 0 Å². The number of hydrogen-bond acceptors (Lipinski definition) is 3. The molecule has 4 nitrogen and oxygen atoms in total. The van der Waals surface area contributed by atoms with E-state index in [9.17, 15) is 4.79 Å². The molecule has 0 aromatic carbocycles. The van der Waals surface area contributed by atoms with Crippen LogP contribution in [0.5, 0.6) is 0 Å². The molecule has 5 heteroatoms. The standard InChI is InChI=1S/C14H20BrN3O/c1-3-17(4-2)12-7-8-18(10-12)14(19)13-6-5-11(15)9-16-13/h5-6,9,12H,3-4,7-8,10H2,1-2H3. The highest BCUT2D eigenvalue weighted by molar-refractivity contribution is 9.10. The number of pyridine rings is 1. The van der Waals surface area contributed by atoms with Crippen LogP contribution < -0.4 is 0 Å². The zero-order valence-electron chi connectivity index (χ0n) is 11.5. The predicted octanol–water partition coefficient (Wildman–Crippen LogP) is 2.40. The van der Waals surface area contributed by atoms with Gasteiger partial charge >= 0.3 is 0 Å². The lowest BCUT2D eigenvalue weighted by molar-refractivity contribution is 0.0772. The number of amides is 1. The average Bonchev–Trinajstić information content (AvgIpc) is 2.90. The van der Waals surface area contributed by atoms with Crippen molar-refractivity contribution in [1.82, 2.24) is 14.8 Å². The van der Waals surface area contributed by atoms with E-state index in [1.165, 1.54) is 0 Å². The zero-order chi connectivity index (χ0) is 13.8. The Kier molecular flexibility index (Phi) is 4.93. The highest BCUT2D eigenvalue weighted by Gasteiger charge is 2.30. The highest BCUT2D eigenvalue weighted by atomic mass is 79.9. The second-order valence-electron chi connectivity index (χ2n) is 4.78. The minimum atomic E-state index is 0.0437. The summed E-state index contributed by atoms with van der Waals surface area (Å²) in [6.45, 7) is 8.07. The summed E-state index contributed by atoms with van der Waals surface area (Å²) in [5.74, 6) is 0.0437. The molecule has 0 N–H and O–H groups in total. The number of rotatable bonds is 4. The first-order valence-corrected chi connectivity index (χ1v) is 7.59. The fraction of sp³-hybridized carbons (Fsp3) is 0.571.